The second-order valence-electron chi connectivity index (χ2n) is 0.151. The van der Waals surface area contributed by atoms with Crippen LogP contribution in [0.3, 0.4) is 0 Å². The smallest absolute Gasteiger partial charge is 0.0714 e. The zero-order valence-electron chi connectivity index (χ0n) is 1.72. The van der Waals surface area contributed by atoms with E-state index < -0.39 is 0 Å². The lowest BCUT2D eigenvalue weighted by Crippen LogP contribution is -0.900. The van der Waals surface area contributed by atoms with Crippen molar-refractivity contribution in [1.82, 2.24) is 0 Å². The summed E-state index contributed by atoms with van der Waals surface area (Å²) in [6, 6.07) is 0. The zero-order chi connectivity index (χ0) is 3.41. The van der Waals surface area contributed by atoms with Crippen LogP contribution >= 0.6 is 42.3 Å². The molecule has 0 rings (SSSR count). The first-order valence-electron chi connectivity index (χ1n) is 0.538. The number of nitrogens with zero attached hydrogens (tertiary/aromatic N) is 1. The quantitative estimate of drug-likeness (QED) is 0.444. The summed E-state index contributed by atoms with van der Waals surface area (Å²) in [6.07, 6.45) is 0. The van der Waals surface area contributed by atoms with Crippen molar-refractivity contribution in [2.24, 2.45) is 2.55 Å². The van der Waals surface area contributed by atoms with Crippen LogP contribution in [0.4, 0.5) is 0 Å². The Labute approximate surface area is 44.7 Å². The van der Waals surface area contributed by atoms with E-state index in [1.807, 2.05) is 0 Å². The van der Waals surface area contributed by atoms with E-state index in [0.29, 0.717) is 0 Å². The highest BCUT2D eigenvalue weighted by atomic mass is 127. The molecule has 0 heterocycles. The maximum absolute atomic E-state index is 3.79. The molecule has 0 unspecified atom stereocenters. The Kier molecular flexibility index (Phi) is 5.53. The van der Waals surface area contributed by atoms with Gasteiger partial charge in [0, 0.05) is 0 Å². The van der Waals surface area contributed by atoms with Crippen molar-refractivity contribution in [3.05, 3.63) is 0 Å². The average Bonchev–Trinajstić information content (AvgIpc) is 1.37. The summed E-state index contributed by atoms with van der Waals surface area (Å²) in [7, 11) is 3.79. The van der Waals surface area contributed by atoms with Gasteiger partial charge >= 0.3 is 0 Å². The number of hydrogen-bond acceptors (Lipinski definition) is 2. The van der Waals surface area contributed by atoms with Crippen LogP contribution in [0.25, 0.3) is 0 Å². The summed E-state index contributed by atoms with van der Waals surface area (Å²) in [4.78, 5) is 0. The third-order valence-electron chi connectivity index (χ3n) is 0.0338. The zero-order valence-corrected chi connectivity index (χ0v) is 5.67. The normalized spacial score (nSPS) is 11.5. The lowest BCUT2D eigenvalue weighted by Gasteiger charge is -1.48. The molecule has 26 valence electrons. The lowest BCUT2D eigenvalue weighted by atomic mass is 13.9. The number of halogens is 1. The van der Waals surface area contributed by atoms with E-state index in [-0.39, 0.29) is 19.6 Å². The number of rotatable bonds is 0. The Morgan fingerprint density at radius 1 is 1.75 bits per heavy atom. The van der Waals surface area contributed by atoms with Gasteiger partial charge in [0.25, 0.3) is 0 Å². The monoisotopic (exact) mass is 207 g/mol. The van der Waals surface area contributed by atoms with Gasteiger partial charge in [0.05, 0.1) is 19.6 Å². The molecule has 0 aliphatic heterocycles. The molecule has 0 amide bonds. The second kappa shape index (κ2) is 4.23. The highest BCUT2D eigenvalue weighted by Crippen LogP contribution is 2.04. The Balaban J connectivity index is 2.55. The molecule has 0 N–H and O–H groups in total. The fourth-order valence-corrected chi connectivity index (χ4v) is 0. The molecule has 0 aromatic rings. The Morgan fingerprint density at radius 3 is 2.00 bits per heavy atom. The van der Waals surface area contributed by atoms with Crippen molar-refractivity contribution in [2.45, 2.75) is 0 Å². The Hall–Kier alpha value is 1.23. The van der Waals surface area contributed by atoms with E-state index in [1.165, 1.54) is 0 Å². The minimum absolute atomic E-state index is 0.206. The molecule has 0 saturated carbocycles. The molecule has 0 saturated heterocycles. The van der Waals surface area contributed by atoms with Crippen LogP contribution in [0.15, 0.2) is 2.55 Å². The van der Waals surface area contributed by atoms with Crippen LogP contribution in [0.1, 0.15) is 0 Å². The molecule has 0 radical (unpaired) electrons. The molecule has 0 aromatic carbocycles. The van der Waals surface area contributed by atoms with Crippen LogP contribution in [0.2, 0.25) is 0 Å². The minimum atomic E-state index is -0.206. The van der Waals surface area contributed by atoms with Crippen molar-refractivity contribution in [2.75, 3.05) is 0 Å². The van der Waals surface area contributed by atoms with Crippen molar-refractivity contribution in [3.63, 3.8) is 0 Å². The van der Waals surface area contributed by atoms with Gasteiger partial charge in [0.1, 0.15) is 0 Å². The summed E-state index contributed by atoms with van der Waals surface area (Å²) in [5.41, 5.74) is 0. The number of thiol groups is 2. The fourth-order valence-electron chi connectivity index (χ4n) is 0. The van der Waals surface area contributed by atoms with Gasteiger partial charge in [-0.3, -0.25) is 0 Å². The molecule has 0 bridgehead atoms. The highest BCUT2D eigenvalue weighted by molar-refractivity contribution is 14.2. The van der Waals surface area contributed by atoms with Crippen molar-refractivity contribution in [1.29, 1.82) is 0 Å². The maximum atomic E-state index is 3.79. The Bertz CT molecular complexity index is 21.2. The minimum Gasteiger partial charge on any atom is -0.187 e. The summed E-state index contributed by atoms with van der Waals surface area (Å²) < 4.78 is 3.40. The summed E-state index contributed by atoms with van der Waals surface area (Å²) in [6.45, 7) is 0. The largest absolute Gasteiger partial charge is 0.187 e. The van der Waals surface area contributed by atoms with Crippen LogP contribution in [-0.2, 0) is 0 Å². The molecule has 4 heteroatoms. The lowest BCUT2D eigenvalue weighted by molar-refractivity contribution is 2.20. The molecule has 0 fully saturated rings. The molecule has 4 heavy (non-hydrogen) atoms. The first kappa shape index (κ1) is 5.23. The molecule has 0 aliphatic rings. The first-order chi connectivity index (χ1) is 1.91. The van der Waals surface area contributed by atoms with Gasteiger partial charge in [0.15, 0.2) is 0 Å². The van der Waals surface area contributed by atoms with Crippen molar-refractivity contribution in [3.8, 4) is 0 Å². The molecular formula is H2INS2. The van der Waals surface area contributed by atoms with Crippen molar-refractivity contribution >= 4 is 42.3 Å². The van der Waals surface area contributed by atoms with E-state index >= 15 is 0 Å². The fraction of sp³-hybridized carbons (Fsp3) is 0. The summed E-state index contributed by atoms with van der Waals surface area (Å²) in [5, 5.41) is 0. The van der Waals surface area contributed by atoms with E-state index in [0.717, 1.165) is 0 Å². The van der Waals surface area contributed by atoms with Crippen molar-refractivity contribution < 1.29 is 0 Å². The standard InChI is InChI=1S/H2INS2/c3-1-2-4/h4H,(H,2,3). The van der Waals surface area contributed by atoms with Gasteiger partial charge in [-0.05, 0) is 12.8 Å². The Morgan fingerprint density at radius 2 is 2.00 bits per heavy atom. The molecular weight excluding hydrogens is 205 g/mol. The van der Waals surface area contributed by atoms with Crippen LogP contribution < -0.4 is 0 Å². The van der Waals surface area contributed by atoms with Crippen LogP contribution in [-0.4, -0.2) is 0 Å². The average molecular weight is 207 g/mol. The van der Waals surface area contributed by atoms with Crippen LogP contribution in [0, 0.1) is 0 Å². The molecule has 0 atom stereocenters. The second-order valence-corrected chi connectivity index (χ2v) is 3.04. The molecule has 0 aromatic heterocycles. The third-order valence-corrected chi connectivity index (χ3v) is 2.04. The van der Waals surface area contributed by atoms with Gasteiger partial charge in [-0.25, -0.2) is 0 Å². The van der Waals surface area contributed by atoms with E-state index in [4.69, 9.17) is 0 Å². The van der Waals surface area contributed by atoms with E-state index in [2.05, 4.69) is 25.2 Å². The van der Waals surface area contributed by atoms with Gasteiger partial charge in [-0.2, -0.15) is 2.55 Å². The van der Waals surface area contributed by atoms with Gasteiger partial charge in [0.2, 0.25) is 0 Å². The third kappa shape index (κ3) is 3.23. The SMILES string of the molecule is SN=IS. The van der Waals surface area contributed by atoms with Gasteiger partial charge in [-0.1, -0.05) is 9.80 Å². The van der Waals surface area contributed by atoms with Gasteiger partial charge < -0.3 is 0 Å². The molecule has 0 spiro atoms. The summed E-state index contributed by atoms with van der Waals surface area (Å²) in [5.74, 6) is 0. The number of hydrogen-bond donors (Lipinski definition) is 2. The van der Waals surface area contributed by atoms with Crippen LogP contribution in [0.5, 0.6) is 0 Å². The predicted molar refractivity (Wildman–Crippen MR) is 34.4 cm³/mol. The topological polar surface area (TPSA) is 12.4 Å². The van der Waals surface area contributed by atoms with E-state index in [9.17, 15) is 0 Å². The highest BCUT2D eigenvalue weighted by Gasteiger charge is 1.36. The molecule has 0 aliphatic carbocycles. The molecule has 1 nitrogen and oxygen atoms in total. The first-order valence-corrected chi connectivity index (χ1v) is 5.14. The predicted octanol–water partition coefficient (Wildman–Crippen LogP) is 1.83. The van der Waals surface area contributed by atoms with Gasteiger partial charge in [-0.15, -0.1) is 0 Å². The van der Waals surface area contributed by atoms with E-state index in [1.54, 1.807) is 0 Å². The summed E-state index contributed by atoms with van der Waals surface area (Å²) >= 11 is 3.31. The maximum Gasteiger partial charge on any atom is 0.0714 e.